The topological polar surface area (TPSA) is 97.5 Å². The SMILES string of the molecule is N[C@@]1(CC(=O)O)CCS(=O)(=O)C1. The van der Waals surface area contributed by atoms with E-state index in [1.165, 1.54) is 0 Å². The lowest BCUT2D eigenvalue weighted by molar-refractivity contribution is -0.138. The summed E-state index contributed by atoms with van der Waals surface area (Å²) in [5.41, 5.74) is 4.54. The number of sulfone groups is 1. The van der Waals surface area contributed by atoms with Crippen molar-refractivity contribution in [3.8, 4) is 0 Å². The fourth-order valence-electron chi connectivity index (χ4n) is 1.38. The molecule has 1 heterocycles. The predicted octanol–water partition coefficient (Wildman–Crippen LogP) is -1.02. The van der Waals surface area contributed by atoms with Crippen LogP contribution in [0.3, 0.4) is 0 Å². The van der Waals surface area contributed by atoms with Gasteiger partial charge in [-0.25, -0.2) is 8.42 Å². The van der Waals surface area contributed by atoms with Crippen LogP contribution in [-0.2, 0) is 14.6 Å². The molecule has 12 heavy (non-hydrogen) atoms. The lowest BCUT2D eigenvalue weighted by atomic mass is 9.96. The Bertz CT molecular complexity index is 297. The second-order valence-corrected chi connectivity index (χ2v) is 5.46. The lowest BCUT2D eigenvalue weighted by Crippen LogP contribution is -2.43. The van der Waals surface area contributed by atoms with E-state index in [0.717, 1.165) is 0 Å². The van der Waals surface area contributed by atoms with Gasteiger partial charge in [-0.1, -0.05) is 0 Å². The Labute approximate surface area is 70.5 Å². The van der Waals surface area contributed by atoms with Gasteiger partial charge >= 0.3 is 5.97 Å². The molecule has 0 amide bonds. The Morgan fingerprint density at radius 3 is 2.50 bits per heavy atom. The zero-order chi connectivity index (χ0) is 9.41. The van der Waals surface area contributed by atoms with Gasteiger partial charge < -0.3 is 10.8 Å². The van der Waals surface area contributed by atoms with Gasteiger partial charge in [-0.3, -0.25) is 4.79 Å². The van der Waals surface area contributed by atoms with Gasteiger partial charge in [-0.15, -0.1) is 0 Å². The van der Waals surface area contributed by atoms with Crippen molar-refractivity contribution in [3.05, 3.63) is 0 Å². The van der Waals surface area contributed by atoms with Gasteiger partial charge in [0.05, 0.1) is 17.9 Å². The number of carbonyl (C=O) groups is 1. The van der Waals surface area contributed by atoms with Gasteiger partial charge in [-0.2, -0.15) is 0 Å². The lowest BCUT2D eigenvalue weighted by Gasteiger charge is -2.18. The molecule has 70 valence electrons. The summed E-state index contributed by atoms with van der Waals surface area (Å²) in [5.74, 6) is -1.24. The first-order valence-electron chi connectivity index (χ1n) is 3.54. The van der Waals surface area contributed by atoms with E-state index in [1.807, 2.05) is 0 Å². The first kappa shape index (κ1) is 9.47. The van der Waals surface area contributed by atoms with Crippen LogP contribution in [0.1, 0.15) is 12.8 Å². The monoisotopic (exact) mass is 193 g/mol. The maximum Gasteiger partial charge on any atom is 0.305 e. The quantitative estimate of drug-likeness (QED) is 0.584. The highest BCUT2D eigenvalue weighted by molar-refractivity contribution is 7.91. The molecule has 1 fully saturated rings. The number of carboxylic acid groups (broad SMARTS) is 1. The fourth-order valence-corrected chi connectivity index (χ4v) is 3.37. The summed E-state index contributed by atoms with van der Waals surface area (Å²) in [5, 5.41) is 8.43. The molecule has 1 aliphatic rings. The largest absolute Gasteiger partial charge is 0.481 e. The number of carboxylic acids is 1. The van der Waals surface area contributed by atoms with Crippen molar-refractivity contribution in [1.29, 1.82) is 0 Å². The minimum Gasteiger partial charge on any atom is -0.481 e. The molecule has 0 aromatic carbocycles. The van der Waals surface area contributed by atoms with Crippen LogP contribution in [0.2, 0.25) is 0 Å². The highest BCUT2D eigenvalue weighted by Crippen LogP contribution is 2.23. The summed E-state index contributed by atoms with van der Waals surface area (Å²) in [6.45, 7) is 0. The van der Waals surface area contributed by atoms with E-state index < -0.39 is 21.3 Å². The van der Waals surface area contributed by atoms with Gasteiger partial charge in [0.1, 0.15) is 0 Å². The fraction of sp³-hybridized carbons (Fsp3) is 0.833. The molecule has 1 atom stereocenters. The van der Waals surface area contributed by atoms with Crippen LogP contribution in [0.5, 0.6) is 0 Å². The van der Waals surface area contributed by atoms with Crippen molar-refractivity contribution in [2.75, 3.05) is 11.5 Å². The van der Waals surface area contributed by atoms with Crippen LogP contribution in [0.4, 0.5) is 0 Å². The van der Waals surface area contributed by atoms with Crippen molar-refractivity contribution in [1.82, 2.24) is 0 Å². The maximum absolute atomic E-state index is 11.0. The number of hydrogen-bond donors (Lipinski definition) is 2. The minimum absolute atomic E-state index is 0.0107. The molecular weight excluding hydrogens is 182 g/mol. The zero-order valence-corrected chi connectivity index (χ0v) is 7.30. The summed E-state index contributed by atoms with van der Waals surface area (Å²) in [7, 11) is -3.09. The third-order valence-electron chi connectivity index (χ3n) is 1.92. The smallest absolute Gasteiger partial charge is 0.305 e. The average molecular weight is 193 g/mol. The second kappa shape index (κ2) is 2.70. The Morgan fingerprint density at radius 2 is 2.17 bits per heavy atom. The Kier molecular flexibility index (Phi) is 2.13. The number of rotatable bonds is 2. The minimum atomic E-state index is -3.09. The van der Waals surface area contributed by atoms with Crippen molar-refractivity contribution in [2.45, 2.75) is 18.4 Å². The number of aliphatic carboxylic acids is 1. The van der Waals surface area contributed by atoms with E-state index in [2.05, 4.69) is 0 Å². The van der Waals surface area contributed by atoms with Gasteiger partial charge in [0, 0.05) is 5.54 Å². The van der Waals surface area contributed by atoms with Crippen LogP contribution >= 0.6 is 0 Å². The zero-order valence-electron chi connectivity index (χ0n) is 6.49. The first-order valence-corrected chi connectivity index (χ1v) is 5.36. The predicted molar refractivity (Wildman–Crippen MR) is 42.4 cm³/mol. The van der Waals surface area contributed by atoms with E-state index >= 15 is 0 Å². The van der Waals surface area contributed by atoms with E-state index in [9.17, 15) is 13.2 Å². The van der Waals surface area contributed by atoms with E-state index in [4.69, 9.17) is 10.8 Å². The molecule has 1 aliphatic heterocycles. The van der Waals surface area contributed by atoms with Gasteiger partial charge in [0.2, 0.25) is 0 Å². The number of nitrogens with two attached hydrogens (primary N) is 1. The molecule has 0 unspecified atom stereocenters. The number of hydrogen-bond acceptors (Lipinski definition) is 4. The van der Waals surface area contributed by atoms with E-state index in [-0.39, 0.29) is 24.3 Å². The molecule has 0 saturated carbocycles. The molecule has 1 saturated heterocycles. The second-order valence-electron chi connectivity index (χ2n) is 3.27. The molecule has 0 spiro atoms. The van der Waals surface area contributed by atoms with E-state index in [1.54, 1.807) is 0 Å². The van der Waals surface area contributed by atoms with Crippen molar-refractivity contribution < 1.29 is 18.3 Å². The van der Waals surface area contributed by atoms with Crippen LogP contribution in [0.15, 0.2) is 0 Å². The van der Waals surface area contributed by atoms with Gasteiger partial charge in [0.15, 0.2) is 9.84 Å². The molecule has 0 bridgehead atoms. The van der Waals surface area contributed by atoms with Crippen LogP contribution in [0, 0.1) is 0 Å². The molecular formula is C6H11NO4S. The summed E-state index contributed by atoms with van der Waals surface area (Å²) in [6, 6.07) is 0. The van der Waals surface area contributed by atoms with E-state index in [0.29, 0.717) is 0 Å². The molecule has 0 aliphatic carbocycles. The third kappa shape index (κ3) is 2.18. The molecule has 5 nitrogen and oxygen atoms in total. The normalized spacial score (nSPS) is 33.4. The molecule has 0 aromatic rings. The van der Waals surface area contributed by atoms with Crippen LogP contribution in [-0.4, -0.2) is 36.5 Å². The summed E-state index contributed by atoms with van der Waals surface area (Å²) < 4.78 is 21.9. The first-order chi connectivity index (χ1) is 5.33. The standard InChI is InChI=1S/C6H11NO4S/c7-6(3-5(8)9)1-2-12(10,11)4-6/h1-4,7H2,(H,8,9)/t6-/m1/s1. The molecule has 0 radical (unpaired) electrons. The van der Waals surface area contributed by atoms with Crippen LogP contribution < -0.4 is 5.73 Å². The maximum atomic E-state index is 11.0. The molecule has 0 aromatic heterocycles. The van der Waals surface area contributed by atoms with Gasteiger partial charge in [0.25, 0.3) is 0 Å². The van der Waals surface area contributed by atoms with Crippen molar-refractivity contribution >= 4 is 15.8 Å². The van der Waals surface area contributed by atoms with Gasteiger partial charge in [-0.05, 0) is 6.42 Å². The summed E-state index contributed by atoms with van der Waals surface area (Å²) in [6.07, 6.45) is -0.0200. The Balaban J connectivity index is 2.71. The highest BCUT2D eigenvalue weighted by atomic mass is 32.2. The summed E-state index contributed by atoms with van der Waals surface area (Å²) in [4.78, 5) is 10.3. The Morgan fingerprint density at radius 1 is 1.58 bits per heavy atom. The third-order valence-corrected chi connectivity index (χ3v) is 3.76. The van der Waals surface area contributed by atoms with Crippen molar-refractivity contribution in [3.63, 3.8) is 0 Å². The Hall–Kier alpha value is -0.620. The average Bonchev–Trinajstić information content (AvgIpc) is 2.03. The molecule has 1 rings (SSSR count). The van der Waals surface area contributed by atoms with Crippen LogP contribution in [0.25, 0.3) is 0 Å². The molecule has 6 heteroatoms. The van der Waals surface area contributed by atoms with Crippen molar-refractivity contribution in [2.24, 2.45) is 5.73 Å². The summed E-state index contributed by atoms with van der Waals surface area (Å²) >= 11 is 0. The highest BCUT2D eigenvalue weighted by Gasteiger charge is 2.40. The molecule has 3 N–H and O–H groups in total.